The minimum absolute atomic E-state index is 0.0424. The van der Waals surface area contributed by atoms with Crippen molar-refractivity contribution in [2.75, 3.05) is 5.32 Å². The Hall–Kier alpha value is -2.91. The van der Waals surface area contributed by atoms with Gasteiger partial charge in [-0.05, 0) is 49.1 Å². The van der Waals surface area contributed by atoms with Crippen LogP contribution in [0.15, 0.2) is 78.9 Å². The molecule has 0 unspecified atom stereocenters. The van der Waals surface area contributed by atoms with E-state index in [9.17, 15) is 4.79 Å². The maximum atomic E-state index is 13.2. The summed E-state index contributed by atoms with van der Waals surface area (Å²) in [6.45, 7) is 6.11. The van der Waals surface area contributed by atoms with Crippen LogP contribution in [0.3, 0.4) is 0 Å². The standard InChI is InChI=1S/C24H26N2O/c1-17-14-15-18(2)22(16-17)26-24(27)23(21-12-8-5-9-13-21)25-19(3)20-10-6-4-7-11-20/h4-16,19,23,25H,1-3H3,(H,26,27)/t19-,23-/m0/s1. The molecule has 0 aliphatic rings. The zero-order valence-corrected chi connectivity index (χ0v) is 16.1. The van der Waals surface area contributed by atoms with Crippen molar-refractivity contribution in [3.05, 3.63) is 101 Å². The van der Waals surface area contributed by atoms with Crippen LogP contribution < -0.4 is 10.6 Å². The highest BCUT2D eigenvalue weighted by atomic mass is 16.2. The Balaban J connectivity index is 1.85. The second-order valence-electron chi connectivity index (χ2n) is 6.95. The molecular formula is C24H26N2O. The van der Waals surface area contributed by atoms with Gasteiger partial charge < -0.3 is 5.32 Å². The van der Waals surface area contributed by atoms with Crippen molar-refractivity contribution in [3.63, 3.8) is 0 Å². The van der Waals surface area contributed by atoms with Crippen LogP contribution >= 0.6 is 0 Å². The van der Waals surface area contributed by atoms with Crippen LogP contribution in [0.4, 0.5) is 5.69 Å². The molecule has 0 saturated heterocycles. The van der Waals surface area contributed by atoms with Gasteiger partial charge in [-0.1, -0.05) is 72.8 Å². The summed E-state index contributed by atoms with van der Waals surface area (Å²) in [7, 11) is 0. The smallest absolute Gasteiger partial charge is 0.246 e. The number of carbonyl (C=O) groups is 1. The quantitative estimate of drug-likeness (QED) is 0.625. The van der Waals surface area contributed by atoms with Crippen molar-refractivity contribution in [1.82, 2.24) is 5.32 Å². The summed E-state index contributed by atoms with van der Waals surface area (Å²) in [5.74, 6) is -0.0577. The van der Waals surface area contributed by atoms with Crippen molar-refractivity contribution in [1.29, 1.82) is 0 Å². The molecule has 0 heterocycles. The first-order valence-electron chi connectivity index (χ1n) is 9.28. The summed E-state index contributed by atoms with van der Waals surface area (Å²) in [4.78, 5) is 13.2. The van der Waals surface area contributed by atoms with Crippen LogP contribution in [0.25, 0.3) is 0 Å². The van der Waals surface area contributed by atoms with Crippen molar-refractivity contribution < 1.29 is 4.79 Å². The first-order chi connectivity index (χ1) is 13.0. The minimum Gasteiger partial charge on any atom is -0.324 e. The second-order valence-corrected chi connectivity index (χ2v) is 6.95. The number of benzene rings is 3. The van der Waals surface area contributed by atoms with Crippen LogP contribution in [-0.4, -0.2) is 5.91 Å². The Morgan fingerprint density at radius 3 is 2.04 bits per heavy atom. The molecule has 0 fully saturated rings. The highest BCUT2D eigenvalue weighted by molar-refractivity contribution is 5.96. The Bertz CT molecular complexity index is 891. The molecule has 3 nitrogen and oxygen atoms in total. The molecule has 3 aromatic carbocycles. The highest BCUT2D eigenvalue weighted by Gasteiger charge is 2.23. The molecule has 0 spiro atoms. The normalized spacial score (nSPS) is 13.0. The van der Waals surface area contributed by atoms with E-state index in [0.717, 1.165) is 27.9 Å². The fourth-order valence-electron chi connectivity index (χ4n) is 3.13. The average molecular weight is 358 g/mol. The first-order valence-corrected chi connectivity index (χ1v) is 9.28. The zero-order valence-electron chi connectivity index (χ0n) is 16.1. The number of aryl methyl sites for hydroxylation is 2. The highest BCUT2D eigenvalue weighted by Crippen LogP contribution is 2.23. The lowest BCUT2D eigenvalue weighted by Gasteiger charge is -2.24. The summed E-state index contributed by atoms with van der Waals surface area (Å²) in [5, 5.41) is 6.60. The van der Waals surface area contributed by atoms with E-state index in [1.165, 1.54) is 0 Å². The maximum Gasteiger partial charge on any atom is 0.246 e. The van der Waals surface area contributed by atoms with Crippen LogP contribution in [0.2, 0.25) is 0 Å². The predicted molar refractivity (Wildman–Crippen MR) is 112 cm³/mol. The number of nitrogens with one attached hydrogen (secondary N) is 2. The number of anilines is 1. The summed E-state index contributed by atoms with van der Waals surface area (Å²) in [5.41, 5.74) is 5.13. The third-order valence-corrected chi connectivity index (χ3v) is 4.76. The number of hydrogen-bond donors (Lipinski definition) is 2. The van der Waals surface area contributed by atoms with Gasteiger partial charge in [-0.2, -0.15) is 0 Å². The van der Waals surface area contributed by atoms with Crippen LogP contribution in [0, 0.1) is 13.8 Å². The van der Waals surface area contributed by atoms with Gasteiger partial charge in [0.2, 0.25) is 5.91 Å². The first kappa shape index (κ1) is 18.9. The van der Waals surface area contributed by atoms with Crippen molar-refractivity contribution in [2.45, 2.75) is 32.9 Å². The fraction of sp³-hybridized carbons (Fsp3) is 0.208. The third kappa shape index (κ3) is 4.83. The molecule has 0 radical (unpaired) electrons. The molecule has 3 heteroatoms. The Morgan fingerprint density at radius 1 is 0.815 bits per heavy atom. The Morgan fingerprint density at radius 2 is 1.41 bits per heavy atom. The Kier molecular flexibility index (Phi) is 6.05. The number of amides is 1. The zero-order chi connectivity index (χ0) is 19.2. The van der Waals surface area contributed by atoms with E-state index in [2.05, 4.69) is 35.8 Å². The van der Waals surface area contributed by atoms with Gasteiger partial charge in [0.1, 0.15) is 6.04 Å². The Labute approximate surface area is 161 Å². The van der Waals surface area contributed by atoms with E-state index < -0.39 is 6.04 Å². The molecular weight excluding hydrogens is 332 g/mol. The van der Waals surface area contributed by atoms with Gasteiger partial charge in [0.15, 0.2) is 0 Å². The van der Waals surface area contributed by atoms with Gasteiger partial charge in [0, 0.05) is 11.7 Å². The summed E-state index contributed by atoms with van der Waals surface area (Å²) < 4.78 is 0. The molecule has 27 heavy (non-hydrogen) atoms. The van der Waals surface area contributed by atoms with Gasteiger partial charge in [-0.25, -0.2) is 0 Å². The molecule has 0 aliphatic carbocycles. The lowest BCUT2D eigenvalue weighted by Crippen LogP contribution is -2.34. The van der Waals surface area contributed by atoms with Gasteiger partial charge in [-0.3, -0.25) is 10.1 Å². The maximum absolute atomic E-state index is 13.2. The van der Waals surface area contributed by atoms with Crippen molar-refractivity contribution >= 4 is 11.6 Å². The number of rotatable bonds is 6. The van der Waals surface area contributed by atoms with Gasteiger partial charge in [-0.15, -0.1) is 0 Å². The van der Waals surface area contributed by atoms with E-state index in [1.807, 2.05) is 74.5 Å². The minimum atomic E-state index is -0.443. The molecule has 3 rings (SSSR count). The fourth-order valence-corrected chi connectivity index (χ4v) is 3.13. The van der Waals surface area contributed by atoms with Gasteiger partial charge >= 0.3 is 0 Å². The largest absolute Gasteiger partial charge is 0.324 e. The number of hydrogen-bond acceptors (Lipinski definition) is 2. The second kappa shape index (κ2) is 8.65. The molecule has 0 saturated carbocycles. The molecule has 138 valence electrons. The molecule has 3 aromatic rings. The van der Waals surface area contributed by atoms with Crippen LogP contribution in [0.5, 0.6) is 0 Å². The number of carbonyl (C=O) groups excluding carboxylic acids is 1. The SMILES string of the molecule is Cc1ccc(C)c(NC(=O)[C@@H](N[C@@H](C)c2ccccc2)c2ccccc2)c1. The molecule has 0 aromatic heterocycles. The monoisotopic (exact) mass is 358 g/mol. The lowest BCUT2D eigenvalue weighted by atomic mass is 10.0. The van der Waals surface area contributed by atoms with E-state index in [0.29, 0.717) is 0 Å². The topological polar surface area (TPSA) is 41.1 Å². The van der Waals surface area contributed by atoms with Crippen molar-refractivity contribution in [2.24, 2.45) is 0 Å². The van der Waals surface area contributed by atoms with E-state index >= 15 is 0 Å². The van der Waals surface area contributed by atoms with E-state index in [4.69, 9.17) is 0 Å². The summed E-state index contributed by atoms with van der Waals surface area (Å²) in [6.07, 6.45) is 0. The van der Waals surface area contributed by atoms with Crippen LogP contribution in [0.1, 0.15) is 41.3 Å². The van der Waals surface area contributed by atoms with Crippen molar-refractivity contribution in [3.8, 4) is 0 Å². The molecule has 1 amide bonds. The van der Waals surface area contributed by atoms with E-state index in [1.54, 1.807) is 0 Å². The predicted octanol–water partition coefficient (Wildman–Crippen LogP) is 5.33. The lowest BCUT2D eigenvalue weighted by molar-refractivity contribution is -0.118. The summed E-state index contributed by atoms with van der Waals surface area (Å²) in [6, 6.07) is 25.7. The molecule has 0 bridgehead atoms. The van der Waals surface area contributed by atoms with E-state index in [-0.39, 0.29) is 11.9 Å². The van der Waals surface area contributed by atoms with Gasteiger partial charge in [0.05, 0.1) is 0 Å². The van der Waals surface area contributed by atoms with Gasteiger partial charge in [0.25, 0.3) is 0 Å². The summed E-state index contributed by atoms with van der Waals surface area (Å²) >= 11 is 0. The molecule has 0 aliphatic heterocycles. The molecule has 2 atom stereocenters. The average Bonchev–Trinajstić information content (AvgIpc) is 2.70. The molecule has 2 N–H and O–H groups in total. The van der Waals surface area contributed by atoms with Crippen LogP contribution in [-0.2, 0) is 4.79 Å². The third-order valence-electron chi connectivity index (χ3n) is 4.76.